The molecule has 1 N–H and O–H groups in total. The molecule has 1 atom stereocenters. The van der Waals surface area contributed by atoms with E-state index in [2.05, 4.69) is 6.92 Å². The van der Waals surface area contributed by atoms with Crippen LogP contribution in [0.25, 0.3) is 0 Å². The summed E-state index contributed by atoms with van der Waals surface area (Å²) < 4.78 is 11.4. The summed E-state index contributed by atoms with van der Waals surface area (Å²) in [6, 6.07) is 10.1. The molecule has 0 heterocycles. The van der Waals surface area contributed by atoms with Gasteiger partial charge in [-0.25, -0.2) is 0 Å². The lowest BCUT2D eigenvalue weighted by atomic mass is 10.0. The van der Waals surface area contributed by atoms with Crippen molar-refractivity contribution < 1.29 is 14.6 Å². The second-order valence-electron chi connectivity index (χ2n) is 8.27. The van der Waals surface area contributed by atoms with E-state index in [0.29, 0.717) is 13.2 Å². The van der Waals surface area contributed by atoms with E-state index in [1.165, 1.54) is 83.5 Å². The van der Waals surface area contributed by atoms with Gasteiger partial charge in [0.05, 0.1) is 19.8 Å². The maximum atomic E-state index is 9.43. The fourth-order valence-electron chi connectivity index (χ4n) is 3.58. The SMILES string of the molecule is CC.CCCCCCCCCCCCCCCCO[C@@H](CO)COCc1ccccc1. The molecule has 1 rings (SSSR count). The number of hydrogen-bond acceptors (Lipinski definition) is 3. The molecule has 0 saturated carbocycles. The zero-order valence-corrected chi connectivity index (χ0v) is 21.0. The maximum absolute atomic E-state index is 9.43. The van der Waals surface area contributed by atoms with Crippen LogP contribution in [0, 0.1) is 0 Å². The van der Waals surface area contributed by atoms with Crippen molar-refractivity contribution in [3.8, 4) is 0 Å². The Bertz CT molecular complexity index is 435. The van der Waals surface area contributed by atoms with E-state index in [0.717, 1.165) is 18.6 Å². The van der Waals surface area contributed by atoms with Crippen molar-refractivity contribution >= 4 is 0 Å². The minimum Gasteiger partial charge on any atom is -0.394 e. The topological polar surface area (TPSA) is 38.7 Å². The summed E-state index contributed by atoms with van der Waals surface area (Å²) in [5.41, 5.74) is 1.15. The van der Waals surface area contributed by atoms with Gasteiger partial charge in [-0.15, -0.1) is 0 Å². The number of unbranched alkanes of at least 4 members (excludes halogenated alkanes) is 13. The maximum Gasteiger partial charge on any atom is 0.104 e. The highest BCUT2D eigenvalue weighted by Gasteiger charge is 2.08. The van der Waals surface area contributed by atoms with Gasteiger partial charge in [-0.3, -0.25) is 0 Å². The van der Waals surface area contributed by atoms with Gasteiger partial charge in [-0.1, -0.05) is 135 Å². The van der Waals surface area contributed by atoms with Crippen LogP contribution in [0.15, 0.2) is 30.3 Å². The molecule has 0 aromatic heterocycles. The van der Waals surface area contributed by atoms with Crippen molar-refractivity contribution in [2.45, 2.75) is 123 Å². The molecular formula is C28H52O3. The number of aliphatic hydroxyl groups is 1. The Hall–Kier alpha value is -0.900. The number of benzene rings is 1. The molecule has 31 heavy (non-hydrogen) atoms. The van der Waals surface area contributed by atoms with Crippen LogP contribution in [0.2, 0.25) is 0 Å². The van der Waals surface area contributed by atoms with Gasteiger partial charge >= 0.3 is 0 Å². The van der Waals surface area contributed by atoms with E-state index in [9.17, 15) is 5.11 Å². The Morgan fingerprint density at radius 3 is 1.68 bits per heavy atom. The van der Waals surface area contributed by atoms with Crippen LogP contribution in [0.3, 0.4) is 0 Å². The lowest BCUT2D eigenvalue weighted by molar-refractivity contribution is -0.0473. The number of aliphatic hydroxyl groups excluding tert-OH is 1. The van der Waals surface area contributed by atoms with Gasteiger partial charge in [0.15, 0.2) is 0 Å². The van der Waals surface area contributed by atoms with E-state index < -0.39 is 0 Å². The van der Waals surface area contributed by atoms with Crippen LogP contribution in [0.1, 0.15) is 116 Å². The summed E-state index contributed by atoms with van der Waals surface area (Å²) in [6.45, 7) is 8.04. The first kappa shape index (κ1) is 30.1. The molecule has 0 spiro atoms. The van der Waals surface area contributed by atoms with Gasteiger partial charge in [0, 0.05) is 6.61 Å². The summed E-state index contributed by atoms with van der Waals surface area (Å²) in [4.78, 5) is 0. The first-order valence-corrected chi connectivity index (χ1v) is 13.2. The molecule has 0 saturated heterocycles. The van der Waals surface area contributed by atoms with E-state index >= 15 is 0 Å². The first-order valence-electron chi connectivity index (χ1n) is 13.2. The van der Waals surface area contributed by atoms with Crippen molar-refractivity contribution in [2.24, 2.45) is 0 Å². The zero-order chi connectivity index (χ0) is 22.8. The molecule has 0 amide bonds. The molecule has 0 unspecified atom stereocenters. The number of ether oxygens (including phenoxy) is 2. The summed E-state index contributed by atoms with van der Waals surface area (Å²) >= 11 is 0. The molecule has 0 radical (unpaired) electrons. The fraction of sp³-hybridized carbons (Fsp3) is 0.786. The highest BCUT2D eigenvalue weighted by atomic mass is 16.5. The van der Waals surface area contributed by atoms with Crippen molar-refractivity contribution in [2.75, 3.05) is 19.8 Å². The van der Waals surface area contributed by atoms with Crippen molar-refractivity contribution in [3.05, 3.63) is 35.9 Å². The molecule has 1 aromatic carbocycles. The standard InChI is InChI=1S/C26H46O3.C2H6/c1-2-3-4-5-6-7-8-9-10-11-12-13-14-18-21-29-26(22-27)24-28-23-25-19-16-15-17-20-25;1-2/h15-17,19-20,26-27H,2-14,18,21-24H2,1H3;1-2H3/t26-;/m0./s1. The predicted molar refractivity (Wildman–Crippen MR) is 135 cm³/mol. The van der Waals surface area contributed by atoms with Gasteiger partial charge in [0.2, 0.25) is 0 Å². The quantitative estimate of drug-likeness (QED) is 0.198. The minimum atomic E-state index is -0.208. The van der Waals surface area contributed by atoms with Crippen LogP contribution < -0.4 is 0 Å². The van der Waals surface area contributed by atoms with Crippen LogP contribution >= 0.6 is 0 Å². The third-order valence-electron chi connectivity index (χ3n) is 5.47. The third-order valence-corrected chi connectivity index (χ3v) is 5.47. The summed E-state index contributed by atoms with van der Waals surface area (Å²) in [7, 11) is 0. The summed E-state index contributed by atoms with van der Waals surface area (Å²) in [5.74, 6) is 0. The second kappa shape index (κ2) is 25.4. The Kier molecular flexibility index (Phi) is 24.6. The number of rotatable bonds is 21. The van der Waals surface area contributed by atoms with Crippen LogP contribution in [-0.2, 0) is 16.1 Å². The van der Waals surface area contributed by atoms with Crippen molar-refractivity contribution in [1.29, 1.82) is 0 Å². The third kappa shape index (κ3) is 20.7. The van der Waals surface area contributed by atoms with Crippen molar-refractivity contribution in [1.82, 2.24) is 0 Å². The monoisotopic (exact) mass is 436 g/mol. The van der Waals surface area contributed by atoms with Crippen LogP contribution in [-0.4, -0.2) is 31.0 Å². The van der Waals surface area contributed by atoms with Crippen molar-refractivity contribution in [3.63, 3.8) is 0 Å². The van der Waals surface area contributed by atoms with E-state index in [-0.39, 0.29) is 12.7 Å². The normalized spacial score (nSPS) is 11.7. The van der Waals surface area contributed by atoms with Gasteiger partial charge < -0.3 is 14.6 Å². The Morgan fingerprint density at radius 2 is 1.19 bits per heavy atom. The Labute approximate surface area is 193 Å². The first-order chi connectivity index (χ1) is 15.4. The average Bonchev–Trinajstić information content (AvgIpc) is 2.82. The van der Waals surface area contributed by atoms with E-state index in [4.69, 9.17) is 9.47 Å². The molecular weight excluding hydrogens is 384 g/mol. The average molecular weight is 437 g/mol. The highest BCUT2D eigenvalue weighted by Crippen LogP contribution is 2.13. The smallest absolute Gasteiger partial charge is 0.104 e. The molecule has 3 heteroatoms. The molecule has 0 fully saturated rings. The second-order valence-corrected chi connectivity index (χ2v) is 8.27. The predicted octanol–water partition coefficient (Wildman–Crippen LogP) is 8.09. The Balaban J connectivity index is 0.00000436. The molecule has 0 aliphatic carbocycles. The molecule has 0 bridgehead atoms. The molecule has 0 aliphatic heterocycles. The summed E-state index contributed by atoms with van der Waals surface area (Å²) in [6.07, 6.45) is 18.8. The van der Waals surface area contributed by atoms with Gasteiger partial charge in [0.1, 0.15) is 6.10 Å². The van der Waals surface area contributed by atoms with Crippen LogP contribution in [0.5, 0.6) is 0 Å². The lowest BCUT2D eigenvalue weighted by Gasteiger charge is -2.15. The molecule has 3 nitrogen and oxygen atoms in total. The number of hydrogen-bond donors (Lipinski definition) is 1. The Morgan fingerprint density at radius 1 is 0.710 bits per heavy atom. The van der Waals surface area contributed by atoms with Gasteiger partial charge in [0.25, 0.3) is 0 Å². The highest BCUT2D eigenvalue weighted by molar-refractivity contribution is 5.13. The van der Waals surface area contributed by atoms with Gasteiger partial charge in [-0.05, 0) is 12.0 Å². The molecule has 182 valence electrons. The molecule has 1 aromatic rings. The lowest BCUT2D eigenvalue weighted by Crippen LogP contribution is -2.24. The summed E-state index contributed by atoms with van der Waals surface area (Å²) in [5, 5.41) is 9.43. The van der Waals surface area contributed by atoms with Gasteiger partial charge in [-0.2, -0.15) is 0 Å². The van der Waals surface area contributed by atoms with E-state index in [1.54, 1.807) is 0 Å². The zero-order valence-electron chi connectivity index (χ0n) is 21.0. The van der Waals surface area contributed by atoms with Crippen LogP contribution in [0.4, 0.5) is 0 Å². The largest absolute Gasteiger partial charge is 0.394 e. The molecule has 0 aliphatic rings. The van der Waals surface area contributed by atoms with E-state index in [1.807, 2.05) is 44.2 Å². The minimum absolute atomic E-state index is 0.0212. The fourth-order valence-corrected chi connectivity index (χ4v) is 3.58.